The Labute approximate surface area is 119 Å². The van der Waals surface area contributed by atoms with Gasteiger partial charge in [0.15, 0.2) is 5.82 Å². The van der Waals surface area contributed by atoms with E-state index in [0.29, 0.717) is 18.6 Å². The SMILES string of the molecule is CSCCCNS(=O)(=O)c1ccc(F)c(C(=O)O)c1F. The van der Waals surface area contributed by atoms with Crippen molar-refractivity contribution >= 4 is 27.8 Å². The summed E-state index contributed by atoms with van der Waals surface area (Å²) in [4.78, 5) is 9.85. The molecule has 0 unspecified atom stereocenters. The minimum Gasteiger partial charge on any atom is -0.477 e. The highest BCUT2D eigenvalue weighted by Gasteiger charge is 2.26. The van der Waals surface area contributed by atoms with Crippen molar-refractivity contribution in [3.63, 3.8) is 0 Å². The van der Waals surface area contributed by atoms with E-state index in [1.54, 1.807) is 0 Å². The van der Waals surface area contributed by atoms with Gasteiger partial charge in [-0.15, -0.1) is 0 Å². The number of nitrogens with one attached hydrogen (secondary N) is 1. The highest BCUT2D eigenvalue weighted by molar-refractivity contribution is 7.98. The molecular formula is C11H13F2NO4S2. The molecule has 1 rings (SSSR count). The standard InChI is InChI=1S/C11H13F2NO4S2/c1-19-6-2-5-14-20(17,18)8-4-3-7(12)9(10(8)13)11(15)16/h3-4,14H,2,5-6H2,1H3,(H,15,16). The van der Waals surface area contributed by atoms with Crippen LogP contribution in [0.5, 0.6) is 0 Å². The Bertz CT molecular complexity index is 605. The first-order valence-electron chi connectivity index (χ1n) is 5.51. The highest BCUT2D eigenvalue weighted by atomic mass is 32.2. The van der Waals surface area contributed by atoms with Crippen LogP contribution in [0.3, 0.4) is 0 Å². The van der Waals surface area contributed by atoms with Gasteiger partial charge in [-0.05, 0) is 30.6 Å². The fraction of sp³-hybridized carbons (Fsp3) is 0.364. The van der Waals surface area contributed by atoms with Gasteiger partial charge in [-0.2, -0.15) is 11.8 Å². The van der Waals surface area contributed by atoms with Crippen molar-refractivity contribution in [2.45, 2.75) is 11.3 Å². The molecule has 1 aromatic carbocycles. The molecule has 0 bridgehead atoms. The third kappa shape index (κ3) is 3.90. The van der Waals surface area contributed by atoms with Crippen LogP contribution in [0, 0.1) is 11.6 Å². The summed E-state index contributed by atoms with van der Waals surface area (Å²) in [7, 11) is -4.21. The van der Waals surface area contributed by atoms with Crippen LogP contribution in [-0.4, -0.2) is 38.0 Å². The van der Waals surface area contributed by atoms with Crippen LogP contribution < -0.4 is 4.72 Å². The van der Waals surface area contributed by atoms with Crippen molar-refractivity contribution in [3.05, 3.63) is 29.3 Å². The number of carboxylic acids is 1. The Balaban J connectivity index is 3.07. The summed E-state index contributed by atoms with van der Waals surface area (Å²) < 4.78 is 52.8. The molecule has 0 aromatic heterocycles. The topological polar surface area (TPSA) is 83.5 Å². The van der Waals surface area contributed by atoms with Gasteiger partial charge in [0.2, 0.25) is 10.0 Å². The third-order valence-corrected chi connectivity index (χ3v) is 4.55. The average molecular weight is 325 g/mol. The molecule has 0 heterocycles. The van der Waals surface area contributed by atoms with Crippen LogP contribution in [0.1, 0.15) is 16.8 Å². The third-order valence-electron chi connectivity index (χ3n) is 2.38. The summed E-state index contributed by atoms with van der Waals surface area (Å²) in [6, 6.07) is 1.32. The summed E-state index contributed by atoms with van der Waals surface area (Å²) in [6.07, 6.45) is 2.39. The molecule has 0 aliphatic rings. The molecule has 0 amide bonds. The predicted molar refractivity (Wildman–Crippen MR) is 71.5 cm³/mol. The van der Waals surface area contributed by atoms with E-state index in [4.69, 9.17) is 5.11 Å². The van der Waals surface area contributed by atoms with Gasteiger partial charge in [-0.1, -0.05) is 0 Å². The van der Waals surface area contributed by atoms with Crippen molar-refractivity contribution in [1.29, 1.82) is 0 Å². The molecule has 0 saturated carbocycles. The van der Waals surface area contributed by atoms with Crippen LogP contribution in [0.25, 0.3) is 0 Å². The van der Waals surface area contributed by atoms with Crippen LogP contribution in [0.4, 0.5) is 8.78 Å². The molecule has 0 aliphatic heterocycles. The summed E-state index contributed by atoms with van der Waals surface area (Å²) in [5.41, 5.74) is -1.28. The number of aromatic carboxylic acids is 1. The molecule has 0 atom stereocenters. The molecule has 0 saturated heterocycles. The number of halogens is 2. The maximum Gasteiger partial charge on any atom is 0.341 e. The molecule has 5 nitrogen and oxygen atoms in total. The summed E-state index contributed by atoms with van der Waals surface area (Å²) in [6.45, 7) is 0.0857. The largest absolute Gasteiger partial charge is 0.477 e. The van der Waals surface area contributed by atoms with Gasteiger partial charge >= 0.3 is 5.97 Å². The van der Waals surface area contributed by atoms with E-state index >= 15 is 0 Å². The van der Waals surface area contributed by atoms with Gasteiger partial charge in [-0.3, -0.25) is 0 Å². The number of hydrogen-bond donors (Lipinski definition) is 2. The van der Waals surface area contributed by atoms with E-state index < -0.39 is 38.1 Å². The first-order valence-corrected chi connectivity index (χ1v) is 8.39. The first-order chi connectivity index (χ1) is 9.31. The lowest BCUT2D eigenvalue weighted by Crippen LogP contribution is -2.27. The molecule has 0 fully saturated rings. The lowest BCUT2D eigenvalue weighted by molar-refractivity contribution is 0.0685. The second-order valence-electron chi connectivity index (χ2n) is 3.78. The Kier molecular flexibility index (Phi) is 5.90. The van der Waals surface area contributed by atoms with Gasteiger partial charge in [0.1, 0.15) is 16.3 Å². The number of carbonyl (C=O) groups is 1. The molecule has 0 radical (unpaired) electrons. The summed E-state index contributed by atoms with van der Waals surface area (Å²) >= 11 is 1.52. The smallest absolute Gasteiger partial charge is 0.341 e. The van der Waals surface area contributed by atoms with E-state index in [2.05, 4.69) is 4.72 Å². The molecule has 9 heteroatoms. The van der Waals surface area contributed by atoms with E-state index in [-0.39, 0.29) is 6.54 Å². The highest BCUT2D eigenvalue weighted by Crippen LogP contribution is 2.21. The molecule has 0 aliphatic carbocycles. The van der Waals surface area contributed by atoms with Crippen LogP contribution in [0.15, 0.2) is 17.0 Å². The van der Waals surface area contributed by atoms with Crippen molar-refractivity contribution in [2.75, 3.05) is 18.6 Å². The second kappa shape index (κ2) is 7.00. The fourth-order valence-corrected chi connectivity index (χ4v) is 3.02. The van der Waals surface area contributed by atoms with Gasteiger partial charge in [-0.25, -0.2) is 26.7 Å². The zero-order valence-electron chi connectivity index (χ0n) is 10.5. The maximum atomic E-state index is 13.8. The van der Waals surface area contributed by atoms with Crippen molar-refractivity contribution in [2.24, 2.45) is 0 Å². The molecular weight excluding hydrogens is 312 g/mol. The predicted octanol–water partition coefficient (Wildman–Crippen LogP) is 1.69. The van der Waals surface area contributed by atoms with E-state index in [0.717, 1.165) is 5.75 Å². The second-order valence-corrected chi connectivity index (χ2v) is 6.50. The zero-order valence-corrected chi connectivity index (χ0v) is 12.2. The number of thioether (sulfide) groups is 1. The molecule has 112 valence electrons. The fourth-order valence-electron chi connectivity index (χ4n) is 1.44. The minimum atomic E-state index is -4.21. The van der Waals surface area contributed by atoms with E-state index in [1.165, 1.54) is 11.8 Å². The van der Waals surface area contributed by atoms with Crippen molar-refractivity contribution < 1.29 is 27.1 Å². The minimum absolute atomic E-state index is 0.0857. The Morgan fingerprint density at radius 3 is 2.60 bits per heavy atom. The Morgan fingerprint density at radius 1 is 1.40 bits per heavy atom. The van der Waals surface area contributed by atoms with Gasteiger partial charge in [0.25, 0.3) is 0 Å². The van der Waals surface area contributed by atoms with Gasteiger partial charge in [0, 0.05) is 6.54 Å². The van der Waals surface area contributed by atoms with Crippen LogP contribution >= 0.6 is 11.8 Å². The molecule has 20 heavy (non-hydrogen) atoms. The number of rotatable bonds is 7. The molecule has 0 spiro atoms. The quantitative estimate of drug-likeness (QED) is 0.746. The average Bonchev–Trinajstić information content (AvgIpc) is 2.34. The summed E-state index contributed by atoms with van der Waals surface area (Å²) in [5, 5.41) is 8.68. The zero-order chi connectivity index (χ0) is 15.3. The lowest BCUT2D eigenvalue weighted by Gasteiger charge is -2.09. The van der Waals surface area contributed by atoms with Crippen LogP contribution in [-0.2, 0) is 10.0 Å². The number of carboxylic acid groups (broad SMARTS) is 1. The van der Waals surface area contributed by atoms with Crippen molar-refractivity contribution in [3.8, 4) is 0 Å². The number of hydrogen-bond acceptors (Lipinski definition) is 4. The molecule has 2 N–H and O–H groups in total. The van der Waals surface area contributed by atoms with E-state index in [1.807, 2.05) is 6.26 Å². The Hall–Kier alpha value is -1.19. The van der Waals surface area contributed by atoms with Crippen LogP contribution in [0.2, 0.25) is 0 Å². The number of sulfonamides is 1. The van der Waals surface area contributed by atoms with E-state index in [9.17, 15) is 22.0 Å². The van der Waals surface area contributed by atoms with Gasteiger partial charge < -0.3 is 5.11 Å². The summed E-state index contributed by atoms with van der Waals surface area (Å²) in [5.74, 6) is -4.07. The number of benzene rings is 1. The normalized spacial score (nSPS) is 11.6. The molecule has 1 aromatic rings. The lowest BCUT2D eigenvalue weighted by atomic mass is 10.2. The van der Waals surface area contributed by atoms with Crippen molar-refractivity contribution in [1.82, 2.24) is 4.72 Å². The maximum absolute atomic E-state index is 13.8. The first kappa shape index (κ1) is 16.9. The van der Waals surface area contributed by atoms with Gasteiger partial charge in [0.05, 0.1) is 0 Å². The monoisotopic (exact) mass is 325 g/mol. The Morgan fingerprint density at radius 2 is 2.05 bits per heavy atom.